The van der Waals surface area contributed by atoms with Gasteiger partial charge in [-0.2, -0.15) is 4.31 Å². The molecule has 1 unspecified atom stereocenters. The Morgan fingerprint density at radius 3 is 2.79 bits per heavy atom. The molecule has 0 spiro atoms. The van der Waals surface area contributed by atoms with Gasteiger partial charge in [0.05, 0.1) is 11.0 Å². The van der Waals surface area contributed by atoms with Gasteiger partial charge in [-0.05, 0) is 37.0 Å². The number of aryl methyl sites for hydroxylation is 1. The summed E-state index contributed by atoms with van der Waals surface area (Å²) < 4.78 is 26.2. The van der Waals surface area contributed by atoms with Crippen molar-refractivity contribution in [2.75, 3.05) is 18.8 Å². The average Bonchev–Trinajstić information content (AvgIpc) is 2.38. The van der Waals surface area contributed by atoms with Crippen LogP contribution in [-0.4, -0.2) is 37.0 Å². The molecule has 106 valence electrons. The molecular weight excluding hydrogens is 264 g/mol. The number of nitrogens with two attached hydrogens (primary N) is 1. The molecule has 1 fully saturated rings. The highest BCUT2D eigenvalue weighted by atomic mass is 32.2. The smallest absolute Gasteiger partial charge is 0.243 e. The van der Waals surface area contributed by atoms with Gasteiger partial charge in [-0.1, -0.05) is 13.0 Å². The Kier molecular flexibility index (Phi) is 4.13. The van der Waals surface area contributed by atoms with E-state index in [1.54, 1.807) is 12.1 Å². The lowest BCUT2D eigenvalue weighted by atomic mass is 10.1. The summed E-state index contributed by atoms with van der Waals surface area (Å²) in [4.78, 5) is 0.205. The molecule has 0 bridgehead atoms. The topological polar surface area (TPSA) is 83.6 Å². The maximum absolute atomic E-state index is 12.4. The second-order valence-corrected chi connectivity index (χ2v) is 6.81. The van der Waals surface area contributed by atoms with Crippen LogP contribution in [0.2, 0.25) is 0 Å². The summed E-state index contributed by atoms with van der Waals surface area (Å²) >= 11 is 0. The molecule has 1 aromatic carbocycles. The standard InChI is InChI=1S/C13H20N2O3S/c1-2-10-5-6-12(8-13(10)14)19(17,18)15-7-3-4-11(16)9-15/h5-6,8,11,16H,2-4,7,9,14H2,1H3. The predicted molar refractivity (Wildman–Crippen MR) is 74.2 cm³/mol. The fourth-order valence-corrected chi connectivity index (χ4v) is 3.90. The summed E-state index contributed by atoms with van der Waals surface area (Å²) in [5.74, 6) is 0. The van der Waals surface area contributed by atoms with Crippen molar-refractivity contribution in [2.24, 2.45) is 0 Å². The van der Waals surface area contributed by atoms with Crippen LogP contribution in [-0.2, 0) is 16.4 Å². The molecule has 3 N–H and O–H groups in total. The molecule has 0 radical (unpaired) electrons. The van der Waals surface area contributed by atoms with Crippen LogP contribution in [0.3, 0.4) is 0 Å². The highest BCUT2D eigenvalue weighted by Crippen LogP contribution is 2.24. The van der Waals surface area contributed by atoms with Crippen LogP contribution in [0.15, 0.2) is 23.1 Å². The molecule has 1 aliphatic heterocycles. The molecule has 1 saturated heterocycles. The molecule has 0 aromatic heterocycles. The van der Waals surface area contributed by atoms with Crippen molar-refractivity contribution in [3.05, 3.63) is 23.8 Å². The van der Waals surface area contributed by atoms with Gasteiger partial charge in [0.25, 0.3) is 0 Å². The first-order valence-corrected chi connectivity index (χ1v) is 7.95. The van der Waals surface area contributed by atoms with Gasteiger partial charge in [0.15, 0.2) is 0 Å². The first-order chi connectivity index (χ1) is 8.95. The number of β-amino-alcohol motifs (C(OH)–C–C–N with tert-alkyl or cyclic N) is 1. The number of piperidine rings is 1. The maximum atomic E-state index is 12.4. The summed E-state index contributed by atoms with van der Waals surface area (Å²) in [6.45, 7) is 2.59. The molecule has 1 aromatic rings. The summed E-state index contributed by atoms with van der Waals surface area (Å²) in [6, 6.07) is 4.85. The summed E-state index contributed by atoms with van der Waals surface area (Å²) in [7, 11) is -3.55. The van der Waals surface area contributed by atoms with Crippen molar-refractivity contribution in [3.8, 4) is 0 Å². The molecule has 5 nitrogen and oxygen atoms in total. The zero-order chi connectivity index (χ0) is 14.0. The molecule has 0 amide bonds. The van der Waals surface area contributed by atoms with Gasteiger partial charge >= 0.3 is 0 Å². The zero-order valence-corrected chi connectivity index (χ0v) is 11.9. The Labute approximate surface area is 114 Å². The van der Waals surface area contributed by atoms with Crippen molar-refractivity contribution < 1.29 is 13.5 Å². The van der Waals surface area contributed by atoms with E-state index in [1.165, 1.54) is 10.4 Å². The fraction of sp³-hybridized carbons (Fsp3) is 0.538. The fourth-order valence-electron chi connectivity index (χ4n) is 2.34. The average molecular weight is 284 g/mol. The van der Waals surface area contributed by atoms with Crippen LogP contribution in [0.4, 0.5) is 5.69 Å². The molecule has 1 atom stereocenters. The van der Waals surface area contributed by atoms with E-state index in [9.17, 15) is 13.5 Å². The van der Waals surface area contributed by atoms with Crippen LogP contribution in [0.1, 0.15) is 25.3 Å². The Balaban J connectivity index is 2.31. The Morgan fingerprint density at radius 1 is 1.47 bits per heavy atom. The van der Waals surface area contributed by atoms with Crippen LogP contribution >= 0.6 is 0 Å². The van der Waals surface area contributed by atoms with E-state index in [-0.39, 0.29) is 11.4 Å². The Bertz CT molecular complexity index is 557. The number of nitrogens with zero attached hydrogens (tertiary/aromatic N) is 1. The number of aliphatic hydroxyl groups excluding tert-OH is 1. The number of aliphatic hydroxyl groups is 1. The lowest BCUT2D eigenvalue weighted by molar-refractivity contribution is 0.108. The van der Waals surface area contributed by atoms with E-state index in [2.05, 4.69) is 0 Å². The second-order valence-electron chi connectivity index (χ2n) is 4.87. The van der Waals surface area contributed by atoms with Crippen LogP contribution < -0.4 is 5.73 Å². The molecule has 1 heterocycles. The lowest BCUT2D eigenvalue weighted by Gasteiger charge is -2.29. The van der Waals surface area contributed by atoms with Crippen molar-refractivity contribution in [2.45, 2.75) is 37.2 Å². The van der Waals surface area contributed by atoms with Crippen molar-refractivity contribution in [3.63, 3.8) is 0 Å². The number of sulfonamides is 1. The molecule has 19 heavy (non-hydrogen) atoms. The molecule has 0 aliphatic carbocycles. The third-order valence-corrected chi connectivity index (χ3v) is 5.36. The van der Waals surface area contributed by atoms with E-state index in [0.29, 0.717) is 25.1 Å². The molecule has 0 saturated carbocycles. The van der Waals surface area contributed by atoms with E-state index in [0.717, 1.165) is 12.0 Å². The van der Waals surface area contributed by atoms with Gasteiger partial charge in [-0.3, -0.25) is 0 Å². The van der Waals surface area contributed by atoms with E-state index < -0.39 is 16.1 Å². The van der Waals surface area contributed by atoms with Gasteiger partial charge in [-0.25, -0.2) is 8.42 Å². The third-order valence-electron chi connectivity index (χ3n) is 3.50. The minimum Gasteiger partial charge on any atom is -0.398 e. The number of hydrogen-bond acceptors (Lipinski definition) is 4. The zero-order valence-electron chi connectivity index (χ0n) is 11.0. The Morgan fingerprint density at radius 2 is 2.21 bits per heavy atom. The SMILES string of the molecule is CCc1ccc(S(=O)(=O)N2CCCC(O)C2)cc1N. The number of hydrogen-bond donors (Lipinski definition) is 2. The number of nitrogen functional groups attached to an aromatic ring is 1. The molecular formula is C13H20N2O3S. The van der Waals surface area contributed by atoms with Gasteiger partial charge in [0.2, 0.25) is 10.0 Å². The van der Waals surface area contributed by atoms with E-state index >= 15 is 0 Å². The van der Waals surface area contributed by atoms with Gasteiger partial charge in [-0.15, -0.1) is 0 Å². The third kappa shape index (κ3) is 2.91. The van der Waals surface area contributed by atoms with Crippen molar-refractivity contribution in [1.82, 2.24) is 4.31 Å². The number of rotatable bonds is 3. The van der Waals surface area contributed by atoms with Crippen molar-refractivity contribution in [1.29, 1.82) is 0 Å². The predicted octanol–water partition coefficient (Wildman–Crippen LogP) is 0.977. The van der Waals surface area contributed by atoms with Crippen molar-refractivity contribution >= 4 is 15.7 Å². The highest BCUT2D eigenvalue weighted by molar-refractivity contribution is 7.89. The van der Waals surface area contributed by atoms with Gasteiger partial charge in [0.1, 0.15) is 0 Å². The van der Waals surface area contributed by atoms with E-state index in [4.69, 9.17) is 5.73 Å². The minimum absolute atomic E-state index is 0.164. The minimum atomic E-state index is -3.55. The summed E-state index contributed by atoms with van der Waals surface area (Å²) in [5, 5.41) is 9.60. The Hall–Kier alpha value is -1.11. The summed E-state index contributed by atoms with van der Waals surface area (Å²) in [6.07, 6.45) is 1.54. The number of benzene rings is 1. The summed E-state index contributed by atoms with van der Waals surface area (Å²) in [5.41, 5.74) is 7.30. The largest absolute Gasteiger partial charge is 0.398 e. The maximum Gasteiger partial charge on any atom is 0.243 e. The van der Waals surface area contributed by atoms with Crippen LogP contribution in [0.25, 0.3) is 0 Å². The normalized spacial score (nSPS) is 21.5. The van der Waals surface area contributed by atoms with Crippen LogP contribution in [0, 0.1) is 0 Å². The highest BCUT2D eigenvalue weighted by Gasteiger charge is 2.29. The van der Waals surface area contributed by atoms with Gasteiger partial charge < -0.3 is 10.8 Å². The quantitative estimate of drug-likeness (QED) is 0.810. The van der Waals surface area contributed by atoms with Gasteiger partial charge in [0, 0.05) is 18.8 Å². The monoisotopic (exact) mass is 284 g/mol. The van der Waals surface area contributed by atoms with Crippen LogP contribution in [0.5, 0.6) is 0 Å². The first-order valence-electron chi connectivity index (χ1n) is 6.51. The second kappa shape index (κ2) is 5.48. The first kappa shape index (κ1) is 14.3. The molecule has 1 aliphatic rings. The molecule has 6 heteroatoms. The lowest BCUT2D eigenvalue weighted by Crippen LogP contribution is -2.42. The number of anilines is 1. The molecule has 2 rings (SSSR count). The van der Waals surface area contributed by atoms with E-state index in [1.807, 2.05) is 6.92 Å².